The molecule has 27 heavy (non-hydrogen) atoms. The number of nitrogens with one attached hydrogen (secondary N) is 2. The third kappa shape index (κ3) is 7.03. The number of rotatable bonds is 8. The van der Waals surface area contributed by atoms with Gasteiger partial charge in [0.25, 0.3) is 0 Å². The number of benzene rings is 1. The molecule has 2 unspecified atom stereocenters. The SMILES string of the molecule is CN=C(NCCC(C)c1ccc(OC)cc1)NCC(C)N1CCN(C)CC1. The lowest BCUT2D eigenvalue weighted by molar-refractivity contribution is 0.120. The van der Waals surface area contributed by atoms with Gasteiger partial charge in [0.2, 0.25) is 0 Å². The Hall–Kier alpha value is -1.79. The summed E-state index contributed by atoms with van der Waals surface area (Å²) in [6, 6.07) is 8.86. The lowest BCUT2D eigenvalue weighted by atomic mass is 9.98. The lowest BCUT2D eigenvalue weighted by Gasteiger charge is -2.36. The number of likely N-dealkylation sites (N-methyl/N-ethyl adjacent to an activating group) is 1. The first-order chi connectivity index (χ1) is 13.0. The van der Waals surface area contributed by atoms with Gasteiger partial charge < -0.3 is 20.3 Å². The molecular formula is C21H37N5O. The molecule has 0 aliphatic carbocycles. The maximum Gasteiger partial charge on any atom is 0.191 e. The van der Waals surface area contributed by atoms with Crippen LogP contribution in [0, 0.1) is 0 Å². The van der Waals surface area contributed by atoms with Crippen molar-refractivity contribution in [2.75, 3.05) is 60.5 Å². The highest BCUT2D eigenvalue weighted by Gasteiger charge is 2.19. The Labute approximate surface area is 165 Å². The summed E-state index contributed by atoms with van der Waals surface area (Å²) in [5, 5.41) is 6.92. The molecular weight excluding hydrogens is 338 g/mol. The predicted octanol–water partition coefficient (Wildman–Crippen LogP) is 1.99. The Bertz CT molecular complexity index is 566. The van der Waals surface area contributed by atoms with Gasteiger partial charge in [-0.25, -0.2) is 0 Å². The molecule has 2 atom stereocenters. The predicted molar refractivity (Wildman–Crippen MR) is 114 cm³/mol. The van der Waals surface area contributed by atoms with E-state index < -0.39 is 0 Å². The van der Waals surface area contributed by atoms with Crippen molar-refractivity contribution in [3.05, 3.63) is 29.8 Å². The Morgan fingerprint density at radius 3 is 2.37 bits per heavy atom. The Morgan fingerprint density at radius 2 is 1.78 bits per heavy atom. The average molecular weight is 376 g/mol. The first-order valence-corrected chi connectivity index (χ1v) is 10.0. The fourth-order valence-electron chi connectivity index (χ4n) is 3.36. The first-order valence-electron chi connectivity index (χ1n) is 10.0. The van der Waals surface area contributed by atoms with Crippen LogP contribution >= 0.6 is 0 Å². The molecule has 1 aromatic carbocycles. The molecule has 1 saturated heterocycles. The number of aliphatic imine (C=N–C) groups is 1. The monoisotopic (exact) mass is 375 g/mol. The summed E-state index contributed by atoms with van der Waals surface area (Å²) in [5.74, 6) is 2.28. The molecule has 2 N–H and O–H groups in total. The van der Waals surface area contributed by atoms with Gasteiger partial charge in [0.05, 0.1) is 7.11 Å². The number of nitrogens with zero attached hydrogens (tertiary/aromatic N) is 3. The van der Waals surface area contributed by atoms with Gasteiger partial charge in [0.1, 0.15) is 5.75 Å². The van der Waals surface area contributed by atoms with Crippen molar-refractivity contribution < 1.29 is 4.74 Å². The van der Waals surface area contributed by atoms with Gasteiger partial charge in [-0.1, -0.05) is 19.1 Å². The number of piperazine rings is 1. The Balaban J connectivity index is 1.68. The molecule has 0 aromatic heterocycles. The van der Waals surface area contributed by atoms with Crippen LogP contribution in [0.4, 0.5) is 0 Å². The molecule has 1 heterocycles. The van der Waals surface area contributed by atoms with Crippen molar-refractivity contribution in [1.29, 1.82) is 0 Å². The quantitative estimate of drug-likeness (QED) is 0.538. The number of methoxy groups -OCH3 is 1. The topological polar surface area (TPSA) is 52.1 Å². The molecule has 0 saturated carbocycles. The van der Waals surface area contributed by atoms with Crippen molar-refractivity contribution in [1.82, 2.24) is 20.4 Å². The van der Waals surface area contributed by atoms with E-state index >= 15 is 0 Å². The summed E-state index contributed by atoms with van der Waals surface area (Å²) < 4.78 is 5.23. The largest absolute Gasteiger partial charge is 0.497 e. The maximum atomic E-state index is 5.23. The second-order valence-electron chi connectivity index (χ2n) is 7.53. The van der Waals surface area contributed by atoms with Gasteiger partial charge in [-0.15, -0.1) is 0 Å². The van der Waals surface area contributed by atoms with E-state index in [2.05, 4.69) is 58.5 Å². The van der Waals surface area contributed by atoms with E-state index in [4.69, 9.17) is 4.74 Å². The maximum absolute atomic E-state index is 5.23. The third-order valence-corrected chi connectivity index (χ3v) is 5.50. The fraction of sp³-hybridized carbons (Fsp3) is 0.667. The van der Waals surface area contributed by atoms with Crippen LogP contribution in [0.15, 0.2) is 29.3 Å². The molecule has 1 fully saturated rings. The van der Waals surface area contributed by atoms with E-state index in [0.29, 0.717) is 12.0 Å². The van der Waals surface area contributed by atoms with E-state index in [1.165, 1.54) is 5.56 Å². The van der Waals surface area contributed by atoms with E-state index in [0.717, 1.165) is 57.4 Å². The molecule has 0 spiro atoms. The molecule has 6 heteroatoms. The van der Waals surface area contributed by atoms with Crippen LogP contribution in [-0.4, -0.2) is 82.3 Å². The van der Waals surface area contributed by atoms with Crippen LogP contribution in [0.5, 0.6) is 5.75 Å². The van der Waals surface area contributed by atoms with Crippen LogP contribution in [-0.2, 0) is 0 Å². The van der Waals surface area contributed by atoms with Gasteiger partial charge in [-0.05, 0) is 44.0 Å². The highest BCUT2D eigenvalue weighted by atomic mass is 16.5. The molecule has 0 amide bonds. The van der Waals surface area contributed by atoms with Crippen LogP contribution in [0.1, 0.15) is 31.7 Å². The van der Waals surface area contributed by atoms with Gasteiger partial charge >= 0.3 is 0 Å². The number of guanidine groups is 1. The van der Waals surface area contributed by atoms with Crippen LogP contribution < -0.4 is 15.4 Å². The highest BCUT2D eigenvalue weighted by molar-refractivity contribution is 5.79. The normalized spacial score (nSPS) is 18.8. The third-order valence-electron chi connectivity index (χ3n) is 5.50. The first kappa shape index (κ1) is 21.5. The number of hydrogen-bond donors (Lipinski definition) is 2. The second kappa shape index (κ2) is 11.1. The average Bonchev–Trinajstić information content (AvgIpc) is 2.70. The van der Waals surface area contributed by atoms with E-state index in [1.54, 1.807) is 7.11 Å². The molecule has 1 aliphatic heterocycles. The van der Waals surface area contributed by atoms with Crippen molar-refractivity contribution in [2.45, 2.75) is 32.2 Å². The summed E-state index contributed by atoms with van der Waals surface area (Å²) in [5.41, 5.74) is 1.34. The minimum absolute atomic E-state index is 0.491. The molecule has 6 nitrogen and oxygen atoms in total. The summed E-state index contributed by atoms with van der Waals surface area (Å²) >= 11 is 0. The summed E-state index contributed by atoms with van der Waals surface area (Å²) in [7, 11) is 5.73. The van der Waals surface area contributed by atoms with Crippen LogP contribution in [0.25, 0.3) is 0 Å². The Morgan fingerprint density at radius 1 is 1.11 bits per heavy atom. The van der Waals surface area contributed by atoms with Crippen molar-refractivity contribution in [3.63, 3.8) is 0 Å². The summed E-state index contributed by atoms with van der Waals surface area (Å²) in [6.45, 7) is 11.0. The van der Waals surface area contributed by atoms with Crippen LogP contribution in [0.3, 0.4) is 0 Å². The second-order valence-corrected chi connectivity index (χ2v) is 7.53. The smallest absolute Gasteiger partial charge is 0.191 e. The lowest BCUT2D eigenvalue weighted by Crippen LogP contribution is -2.52. The van der Waals surface area contributed by atoms with E-state index in [1.807, 2.05) is 19.2 Å². The highest BCUT2D eigenvalue weighted by Crippen LogP contribution is 2.21. The zero-order valence-corrected chi connectivity index (χ0v) is 17.7. The minimum Gasteiger partial charge on any atom is -0.497 e. The standard InChI is InChI=1S/C21H37N5O/c1-17(19-6-8-20(27-5)9-7-19)10-11-23-21(22-3)24-16-18(2)26-14-12-25(4)13-15-26/h6-9,17-18H,10-16H2,1-5H3,(H2,22,23,24). The van der Waals surface area contributed by atoms with Crippen LogP contribution in [0.2, 0.25) is 0 Å². The van der Waals surface area contributed by atoms with Gasteiger partial charge in [0, 0.05) is 52.4 Å². The summed E-state index contributed by atoms with van der Waals surface area (Å²) in [6.07, 6.45) is 1.06. The van der Waals surface area contributed by atoms with Crippen molar-refractivity contribution in [3.8, 4) is 5.75 Å². The molecule has 152 valence electrons. The van der Waals surface area contributed by atoms with Crippen molar-refractivity contribution in [2.24, 2.45) is 4.99 Å². The van der Waals surface area contributed by atoms with E-state index in [-0.39, 0.29) is 0 Å². The van der Waals surface area contributed by atoms with Gasteiger partial charge in [-0.2, -0.15) is 0 Å². The van der Waals surface area contributed by atoms with Gasteiger partial charge in [-0.3, -0.25) is 9.89 Å². The molecule has 0 bridgehead atoms. The zero-order chi connectivity index (χ0) is 19.6. The van der Waals surface area contributed by atoms with E-state index in [9.17, 15) is 0 Å². The number of ether oxygens (including phenoxy) is 1. The number of hydrogen-bond acceptors (Lipinski definition) is 4. The molecule has 0 radical (unpaired) electrons. The zero-order valence-electron chi connectivity index (χ0n) is 17.7. The Kier molecular flexibility index (Phi) is 8.88. The molecule has 1 aromatic rings. The minimum atomic E-state index is 0.491. The van der Waals surface area contributed by atoms with Gasteiger partial charge in [0.15, 0.2) is 5.96 Å². The fourth-order valence-corrected chi connectivity index (χ4v) is 3.36. The molecule has 2 rings (SSSR count). The molecule has 1 aliphatic rings. The summed E-state index contributed by atoms with van der Waals surface area (Å²) in [4.78, 5) is 9.30. The van der Waals surface area contributed by atoms with Crippen molar-refractivity contribution >= 4 is 5.96 Å².